The number of carbonyl (C=O) groups excluding carboxylic acids is 1. The lowest BCUT2D eigenvalue weighted by atomic mass is 10.2. The molecule has 2 heterocycles. The number of aromatic nitrogens is 3. The van der Waals surface area contributed by atoms with E-state index < -0.39 is 0 Å². The van der Waals surface area contributed by atoms with Gasteiger partial charge in [0.2, 0.25) is 0 Å². The van der Waals surface area contributed by atoms with Crippen LogP contribution in [0.5, 0.6) is 0 Å². The van der Waals surface area contributed by atoms with Crippen LogP contribution in [0.3, 0.4) is 0 Å². The lowest BCUT2D eigenvalue weighted by Gasteiger charge is -2.07. The number of rotatable bonds is 3. The zero-order chi connectivity index (χ0) is 13.8. The van der Waals surface area contributed by atoms with Gasteiger partial charge in [-0.15, -0.1) is 0 Å². The molecule has 0 saturated carbocycles. The molecule has 0 unspecified atom stereocenters. The summed E-state index contributed by atoms with van der Waals surface area (Å²) in [5.74, 6) is 0.236. The molecule has 98 valence electrons. The summed E-state index contributed by atoms with van der Waals surface area (Å²) in [5.41, 5.74) is 8.18. The minimum absolute atomic E-state index is 0.247. The van der Waals surface area contributed by atoms with E-state index in [1.807, 2.05) is 6.07 Å². The zero-order valence-corrected chi connectivity index (χ0v) is 10.8. The number of amides is 1. The highest BCUT2D eigenvalue weighted by atomic mass is 16.1. The molecule has 0 fully saturated rings. The molecule has 19 heavy (non-hydrogen) atoms. The van der Waals surface area contributed by atoms with Crippen molar-refractivity contribution in [3.8, 4) is 0 Å². The topological polar surface area (TPSA) is 93.8 Å². The van der Waals surface area contributed by atoms with Gasteiger partial charge in [0.15, 0.2) is 0 Å². The Morgan fingerprint density at radius 1 is 1.32 bits per heavy atom. The highest BCUT2D eigenvalue weighted by molar-refractivity contribution is 6.04. The first-order valence-electron chi connectivity index (χ1n) is 5.87. The quantitative estimate of drug-likeness (QED) is 0.861. The SMILES string of the molecule is Cc1cc(C(=O)Nc2ccc(CN)cn2)c(C)nn1. The summed E-state index contributed by atoms with van der Waals surface area (Å²) >= 11 is 0. The first-order valence-corrected chi connectivity index (χ1v) is 5.87. The van der Waals surface area contributed by atoms with E-state index in [4.69, 9.17) is 5.73 Å². The van der Waals surface area contributed by atoms with Crippen LogP contribution >= 0.6 is 0 Å². The van der Waals surface area contributed by atoms with Crippen LogP contribution in [0.15, 0.2) is 24.4 Å². The molecule has 2 rings (SSSR count). The number of hydrogen-bond acceptors (Lipinski definition) is 5. The molecule has 1 amide bonds. The van der Waals surface area contributed by atoms with E-state index >= 15 is 0 Å². The molecular formula is C13H15N5O. The van der Waals surface area contributed by atoms with Crippen molar-refractivity contribution in [1.82, 2.24) is 15.2 Å². The predicted molar refractivity (Wildman–Crippen MR) is 71.6 cm³/mol. The summed E-state index contributed by atoms with van der Waals surface area (Å²) in [7, 11) is 0. The molecule has 0 bridgehead atoms. The first-order chi connectivity index (χ1) is 9.10. The third-order valence-electron chi connectivity index (χ3n) is 2.65. The molecule has 0 atom stereocenters. The van der Waals surface area contributed by atoms with Crippen molar-refractivity contribution in [3.63, 3.8) is 0 Å². The maximum atomic E-state index is 12.1. The van der Waals surface area contributed by atoms with Gasteiger partial charge in [-0.25, -0.2) is 4.98 Å². The van der Waals surface area contributed by atoms with Crippen molar-refractivity contribution >= 4 is 11.7 Å². The largest absolute Gasteiger partial charge is 0.326 e. The molecule has 2 aromatic heterocycles. The fourth-order valence-corrected chi connectivity index (χ4v) is 1.58. The zero-order valence-electron chi connectivity index (χ0n) is 10.8. The number of hydrogen-bond donors (Lipinski definition) is 2. The van der Waals surface area contributed by atoms with Gasteiger partial charge in [-0.1, -0.05) is 6.07 Å². The molecule has 0 radical (unpaired) electrons. The average molecular weight is 257 g/mol. The van der Waals surface area contributed by atoms with Gasteiger partial charge in [0, 0.05) is 12.7 Å². The molecule has 6 heteroatoms. The van der Waals surface area contributed by atoms with E-state index in [9.17, 15) is 4.79 Å². The van der Waals surface area contributed by atoms with Gasteiger partial charge in [-0.2, -0.15) is 10.2 Å². The number of nitrogens with zero attached hydrogens (tertiary/aromatic N) is 3. The normalized spacial score (nSPS) is 10.3. The van der Waals surface area contributed by atoms with Crippen molar-refractivity contribution in [2.45, 2.75) is 20.4 Å². The second-order valence-electron chi connectivity index (χ2n) is 4.19. The number of nitrogens with one attached hydrogen (secondary N) is 1. The minimum Gasteiger partial charge on any atom is -0.326 e. The van der Waals surface area contributed by atoms with E-state index in [-0.39, 0.29) is 5.91 Å². The molecule has 0 aliphatic rings. The van der Waals surface area contributed by atoms with Gasteiger partial charge in [0.05, 0.1) is 17.0 Å². The molecule has 0 aliphatic heterocycles. The maximum Gasteiger partial charge on any atom is 0.258 e. The van der Waals surface area contributed by atoms with Crippen LogP contribution in [-0.4, -0.2) is 21.1 Å². The highest BCUT2D eigenvalue weighted by Crippen LogP contribution is 2.10. The van der Waals surface area contributed by atoms with Crippen molar-refractivity contribution < 1.29 is 4.79 Å². The summed E-state index contributed by atoms with van der Waals surface area (Å²) in [5, 5.41) is 10.5. The van der Waals surface area contributed by atoms with Gasteiger partial charge in [0.25, 0.3) is 5.91 Å². The lowest BCUT2D eigenvalue weighted by molar-refractivity contribution is 0.102. The van der Waals surface area contributed by atoms with E-state index in [1.165, 1.54) is 0 Å². The van der Waals surface area contributed by atoms with E-state index in [0.29, 0.717) is 29.3 Å². The van der Waals surface area contributed by atoms with Gasteiger partial charge in [-0.05, 0) is 31.5 Å². The van der Waals surface area contributed by atoms with Crippen LogP contribution < -0.4 is 11.1 Å². The Labute approximate surface area is 111 Å². The Morgan fingerprint density at radius 2 is 2.11 bits per heavy atom. The third-order valence-corrected chi connectivity index (χ3v) is 2.65. The van der Waals surface area contributed by atoms with Crippen molar-refractivity contribution in [1.29, 1.82) is 0 Å². The molecule has 0 aliphatic carbocycles. The second-order valence-corrected chi connectivity index (χ2v) is 4.19. The average Bonchev–Trinajstić information content (AvgIpc) is 2.42. The number of carbonyl (C=O) groups is 1. The molecular weight excluding hydrogens is 242 g/mol. The molecule has 3 N–H and O–H groups in total. The number of nitrogens with two attached hydrogens (primary N) is 1. The smallest absolute Gasteiger partial charge is 0.258 e. The van der Waals surface area contributed by atoms with Gasteiger partial charge < -0.3 is 11.1 Å². The maximum absolute atomic E-state index is 12.1. The standard InChI is InChI=1S/C13H15N5O/c1-8-5-11(9(2)18-17-8)13(19)16-12-4-3-10(6-14)7-15-12/h3-5,7H,6,14H2,1-2H3,(H,15,16,19). The number of pyridine rings is 1. The summed E-state index contributed by atoms with van der Waals surface area (Å²) in [6.45, 7) is 3.96. The van der Waals surface area contributed by atoms with Crippen molar-refractivity contribution in [3.05, 3.63) is 46.9 Å². The molecule has 0 aromatic carbocycles. The van der Waals surface area contributed by atoms with Crippen molar-refractivity contribution in [2.75, 3.05) is 5.32 Å². The number of aryl methyl sites for hydroxylation is 2. The summed E-state index contributed by atoms with van der Waals surface area (Å²) in [4.78, 5) is 16.2. The van der Waals surface area contributed by atoms with Crippen LogP contribution in [0, 0.1) is 13.8 Å². The third kappa shape index (κ3) is 3.11. The van der Waals surface area contributed by atoms with Gasteiger partial charge in [0.1, 0.15) is 5.82 Å². The van der Waals surface area contributed by atoms with E-state index in [2.05, 4.69) is 20.5 Å². The van der Waals surface area contributed by atoms with Crippen molar-refractivity contribution in [2.24, 2.45) is 5.73 Å². The van der Waals surface area contributed by atoms with Crippen LogP contribution in [0.1, 0.15) is 27.3 Å². The Balaban J connectivity index is 2.18. The second kappa shape index (κ2) is 5.53. The molecule has 0 saturated heterocycles. The Hall–Kier alpha value is -2.34. The molecule has 6 nitrogen and oxygen atoms in total. The van der Waals surface area contributed by atoms with E-state index in [1.54, 1.807) is 32.2 Å². The van der Waals surface area contributed by atoms with Crippen LogP contribution in [-0.2, 0) is 6.54 Å². The van der Waals surface area contributed by atoms with Gasteiger partial charge in [-0.3, -0.25) is 4.79 Å². The summed E-state index contributed by atoms with van der Waals surface area (Å²) in [6, 6.07) is 5.24. The lowest BCUT2D eigenvalue weighted by Crippen LogP contribution is -2.16. The van der Waals surface area contributed by atoms with Crippen LogP contribution in [0.2, 0.25) is 0 Å². The minimum atomic E-state index is -0.247. The predicted octanol–water partition coefficient (Wildman–Crippen LogP) is 1.20. The Kier molecular flexibility index (Phi) is 3.82. The molecule has 2 aromatic rings. The fraction of sp³-hybridized carbons (Fsp3) is 0.231. The van der Waals surface area contributed by atoms with Crippen LogP contribution in [0.4, 0.5) is 5.82 Å². The fourth-order valence-electron chi connectivity index (χ4n) is 1.58. The summed E-state index contributed by atoms with van der Waals surface area (Å²) in [6.07, 6.45) is 1.64. The Morgan fingerprint density at radius 3 is 2.74 bits per heavy atom. The van der Waals surface area contributed by atoms with E-state index in [0.717, 1.165) is 5.56 Å². The summed E-state index contributed by atoms with van der Waals surface area (Å²) < 4.78 is 0. The molecule has 0 spiro atoms. The number of anilines is 1. The monoisotopic (exact) mass is 257 g/mol. The van der Waals surface area contributed by atoms with Crippen LogP contribution in [0.25, 0.3) is 0 Å². The van der Waals surface area contributed by atoms with Gasteiger partial charge >= 0.3 is 0 Å². The first kappa shape index (κ1) is 13.1. The highest BCUT2D eigenvalue weighted by Gasteiger charge is 2.11. The Bertz CT molecular complexity index is 594.